The second kappa shape index (κ2) is 12.4. The summed E-state index contributed by atoms with van der Waals surface area (Å²) >= 11 is 0. The molecule has 0 aliphatic carbocycles. The number of hydrogen-bond acceptors (Lipinski definition) is 8. The molecule has 0 amide bonds. The number of rotatable bonds is 10. The minimum absolute atomic E-state index is 0.128. The lowest BCUT2D eigenvalue weighted by Gasteiger charge is -2.35. The van der Waals surface area contributed by atoms with E-state index in [0.717, 1.165) is 30.8 Å². The lowest BCUT2D eigenvalue weighted by Crippen LogP contribution is -2.46. The van der Waals surface area contributed by atoms with Gasteiger partial charge in [0.1, 0.15) is 6.33 Å². The Bertz CT molecular complexity index is 1440. The SMILES string of the molecule is O=C(O)c1ccc(CN(Cc2ccccc2)c2ncnc(N3CCN(Cc4ccccc4)CC3)c2[N+](=O)[O-])cc1. The number of nitrogens with zero attached hydrogens (tertiary/aromatic N) is 6. The van der Waals surface area contributed by atoms with Crippen LogP contribution >= 0.6 is 0 Å². The second-order valence-corrected chi connectivity index (χ2v) is 9.72. The average Bonchev–Trinajstić information content (AvgIpc) is 2.98. The molecule has 10 nitrogen and oxygen atoms in total. The predicted molar refractivity (Wildman–Crippen MR) is 152 cm³/mol. The third-order valence-corrected chi connectivity index (χ3v) is 6.98. The number of benzene rings is 3. The maximum absolute atomic E-state index is 12.5. The van der Waals surface area contributed by atoms with E-state index < -0.39 is 10.9 Å². The molecule has 1 N–H and O–H groups in total. The fourth-order valence-corrected chi connectivity index (χ4v) is 4.93. The lowest BCUT2D eigenvalue weighted by molar-refractivity contribution is -0.383. The number of carboxylic acid groups (broad SMARTS) is 1. The van der Waals surface area contributed by atoms with Crippen LogP contribution in [0.3, 0.4) is 0 Å². The van der Waals surface area contributed by atoms with Crippen molar-refractivity contribution in [1.29, 1.82) is 0 Å². The van der Waals surface area contributed by atoms with Crippen molar-refractivity contribution in [3.63, 3.8) is 0 Å². The summed E-state index contributed by atoms with van der Waals surface area (Å²) in [4.78, 5) is 38.4. The lowest BCUT2D eigenvalue weighted by atomic mass is 10.1. The zero-order valence-corrected chi connectivity index (χ0v) is 22.0. The summed E-state index contributed by atoms with van der Waals surface area (Å²) in [5, 5.41) is 21.8. The van der Waals surface area contributed by atoms with Gasteiger partial charge in [-0.05, 0) is 28.8 Å². The maximum atomic E-state index is 12.5. The van der Waals surface area contributed by atoms with Gasteiger partial charge in [-0.25, -0.2) is 14.8 Å². The molecule has 0 spiro atoms. The van der Waals surface area contributed by atoms with Crippen LogP contribution in [-0.4, -0.2) is 57.0 Å². The number of carboxylic acids is 1. The van der Waals surface area contributed by atoms with E-state index in [9.17, 15) is 20.0 Å². The molecule has 40 heavy (non-hydrogen) atoms. The quantitative estimate of drug-likeness (QED) is 0.228. The first-order valence-electron chi connectivity index (χ1n) is 13.1. The molecule has 0 atom stereocenters. The van der Waals surface area contributed by atoms with Gasteiger partial charge < -0.3 is 14.9 Å². The van der Waals surface area contributed by atoms with E-state index in [1.807, 2.05) is 58.3 Å². The molecule has 2 heterocycles. The van der Waals surface area contributed by atoms with Crippen LogP contribution in [0.25, 0.3) is 0 Å². The molecule has 0 radical (unpaired) electrons. The highest BCUT2D eigenvalue weighted by molar-refractivity contribution is 5.87. The van der Waals surface area contributed by atoms with Gasteiger partial charge >= 0.3 is 11.7 Å². The largest absolute Gasteiger partial charge is 0.478 e. The fourth-order valence-electron chi connectivity index (χ4n) is 4.93. The summed E-state index contributed by atoms with van der Waals surface area (Å²) in [5.41, 5.74) is 3.06. The molecule has 3 aromatic carbocycles. The molecular weight excluding hydrogens is 508 g/mol. The van der Waals surface area contributed by atoms with Crippen molar-refractivity contribution < 1.29 is 14.8 Å². The molecule has 1 saturated heterocycles. The summed E-state index contributed by atoms with van der Waals surface area (Å²) < 4.78 is 0. The molecule has 5 rings (SSSR count). The van der Waals surface area contributed by atoms with E-state index in [-0.39, 0.29) is 17.1 Å². The highest BCUT2D eigenvalue weighted by atomic mass is 16.6. The highest BCUT2D eigenvalue weighted by Gasteiger charge is 2.32. The van der Waals surface area contributed by atoms with E-state index >= 15 is 0 Å². The van der Waals surface area contributed by atoms with Crippen LogP contribution in [0, 0.1) is 10.1 Å². The van der Waals surface area contributed by atoms with Crippen LogP contribution in [0.2, 0.25) is 0 Å². The Morgan fingerprint density at radius 3 is 1.98 bits per heavy atom. The van der Waals surface area contributed by atoms with Gasteiger partial charge in [0.15, 0.2) is 0 Å². The molecule has 1 fully saturated rings. The Balaban J connectivity index is 1.42. The molecule has 1 aliphatic heterocycles. The topological polar surface area (TPSA) is 116 Å². The van der Waals surface area contributed by atoms with Gasteiger partial charge in [0.25, 0.3) is 0 Å². The van der Waals surface area contributed by atoms with E-state index in [2.05, 4.69) is 27.0 Å². The molecule has 0 bridgehead atoms. The molecular formula is C30H30N6O4. The number of hydrogen-bond donors (Lipinski definition) is 1. The smallest absolute Gasteiger partial charge is 0.353 e. The Morgan fingerprint density at radius 2 is 1.40 bits per heavy atom. The van der Waals surface area contributed by atoms with Crippen molar-refractivity contribution in [2.24, 2.45) is 0 Å². The molecule has 0 unspecified atom stereocenters. The van der Waals surface area contributed by atoms with Gasteiger partial charge in [0.2, 0.25) is 11.6 Å². The van der Waals surface area contributed by atoms with E-state index in [1.165, 1.54) is 24.0 Å². The Kier molecular flexibility index (Phi) is 8.26. The van der Waals surface area contributed by atoms with Crippen molar-refractivity contribution in [3.05, 3.63) is 124 Å². The summed E-state index contributed by atoms with van der Waals surface area (Å²) in [6, 6.07) is 26.4. The third-order valence-electron chi connectivity index (χ3n) is 6.98. The fraction of sp³-hybridized carbons (Fsp3) is 0.233. The number of aromatic carboxylic acids is 1. The monoisotopic (exact) mass is 538 g/mol. The summed E-state index contributed by atoms with van der Waals surface area (Å²) in [6.45, 7) is 4.25. The molecule has 4 aromatic rings. The minimum atomic E-state index is -1.01. The first kappa shape index (κ1) is 26.8. The molecule has 0 saturated carbocycles. The normalized spacial score (nSPS) is 13.7. The molecule has 10 heteroatoms. The van der Waals surface area contributed by atoms with Gasteiger partial charge in [-0.3, -0.25) is 15.0 Å². The van der Waals surface area contributed by atoms with Crippen LogP contribution in [0.15, 0.2) is 91.3 Å². The number of anilines is 2. The Labute approximate surface area is 232 Å². The highest BCUT2D eigenvalue weighted by Crippen LogP contribution is 2.36. The number of aromatic nitrogens is 2. The van der Waals surface area contributed by atoms with Crippen LogP contribution in [0.4, 0.5) is 17.3 Å². The van der Waals surface area contributed by atoms with Gasteiger partial charge in [0.05, 0.1) is 10.5 Å². The molecule has 1 aromatic heterocycles. The van der Waals surface area contributed by atoms with Crippen LogP contribution in [0.5, 0.6) is 0 Å². The summed E-state index contributed by atoms with van der Waals surface area (Å²) in [6.07, 6.45) is 1.39. The Hall–Kier alpha value is -4.83. The van der Waals surface area contributed by atoms with Crippen molar-refractivity contribution in [2.45, 2.75) is 19.6 Å². The summed E-state index contributed by atoms with van der Waals surface area (Å²) in [7, 11) is 0. The first-order valence-corrected chi connectivity index (χ1v) is 13.1. The van der Waals surface area contributed by atoms with E-state index in [0.29, 0.717) is 32.0 Å². The van der Waals surface area contributed by atoms with Gasteiger partial charge in [-0.2, -0.15) is 0 Å². The molecule has 1 aliphatic rings. The van der Waals surface area contributed by atoms with E-state index in [1.54, 1.807) is 12.1 Å². The van der Waals surface area contributed by atoms with E-state index in [4.69, 9.17) is 0 Å². The second-order valence-electron chi connectivity index (χ2n) is 9.72. The van der Waals surface area contributed by atoms with Gasteiger partial charge in [0, 0.05) is 45.8 Å². The standard InChI is InChI=1S/C30H30N6O4/c37-30(38)26-13-11-25(12-14-26)21-35(20-24-9-5-2-6-10-24)29-27(36(39)40)28(31-22-32-29)34-17-15-33(16-18-34)19-23-7-3-1-4-8-23/h1-14,22H,15-21H2,(H,37,38). The van der Waals surface area contributed by atoms with Crippen molar-refractivity contribution in [1.82, 2.24) is 14.9 Å². The van der Waals surface area contributed by atoms with Crippen LogP contribution in [-0.2, 0) is 19.6 Å². The first-order chi connectivity index (χ1) is 19.5. The van der Waals surface area contributed by atoms with Crippen LogP contribution < -0.4 is 9.80 Å². The van der Waals surface area contributed by atoms with Crippen molar-refractivity contribution in [3.8, 4) is 0 Å². The average molecular weight is 539 g/mol. The van der Waals surface area contributed by atoms with Gasteiger partial charge in [-0.15, -0.1) is 0 Å². The van der Waals surface area contributed by atoms with Crippen molar-refractivity contribution >= 4 is 23.3 Å². The van der Waals surface area contributed by atoms with Crippen LogP contribution in [0.1, 0.15) is 27.0 Å². The third kappa shape index (κ3) is 6.41. The van der Waals surface area contributed by atoms with Crippen molar-refractivity contribution in [2.75, 3.05) is 36.0 Å². The number of nitro groups is 1. The predicted octanol–water partition coefficient (Wildman–Crippen LogP) is 4.61. The Morgan fingerprint density at radius 1 is 0.825 bits per heavy atom. The number of carbonyl (C=O) groups is 1. The molecule has 204 valence electrons. The zero-order chi connectivity index (χ0) is 27.9. The maximum Gasteiger partial charge on any atom is 0.353 e. The summed E-state index contributed by atoms with van der Waals surface area (Å²) in [5.74, 6) is -0.464. The number of piperazine rings is 1. The van der Waals surface area contributed by atoms with Gasteiger partial charge in [-0.1, -0.05) is 72.8 Å². The zero-order valence-electron chi connectivity index (χ0n) is 22.0. The minimum Gasteiger partial charge on any atom is -0.478 e.